The van der Waals surface area contributed by atoms with Crippen molar-refractivity contribution in [2.45, 2.75) is 33.2 Å². The van der Waals surface area contributed by atoms with Gasteiger partial charge in [0.1, 0.15) is 0 Å². The molecule has 1 aliphatic carbocycles. The molecular weight excluding hydrogens is 240 g/mol. The van der Waals surface area contributed by atoms with Gasteiger partial charge in [-0.2, -0.15) is 4.98 Å². The molecule has 1 aromatic heterocycles. The van der Waals surface area contributed by atoms with Crippen LogP contribution in [0.3, 0.4) is 0 Å². The van der Waals surface area contributed by atoms with E-state index >= 15 is 0 Å². The van der Waals surface area contributed by atoms with Crippen molar-refractivity contribution in [3.8, 4) is 0 Å². The summed E-state index contributed by atoms with van der Waals surface area (Å²) in [6.45, 7) is 6.18. The summed E-state index contributed by atoms with van der Waals surface area (Å²) >= 11 is 0. The van der Waals surface area contributed by atoms with Gasteiger partial charge in [0.2, 0.25) is 5.89 Å². The van der Waals surface area contributed by atoms with E-state index in [1.807, 2.05) is 19.0 Å². The van der Waals surface area contributed by atoms with E-state index in [1.165, 1.54) is 18.4 Å². The van der Waals surface area contributed by atoms with Crippen LogP contribution in [0.1, 0.15) is 32.6 Å². The van der Waals surface area contributed by atoms with Crippen LogP contribution in [-0.2, 0) is 6.54 Å². The summed E-state index contributed by atoms with van der Waals surface area (Å²) < 4.78 is 5.19. The fourth-order valence-corrected chi connectivity index (χ4v) is 2.57. The van der Waals surface area contributed by atoms with Crippen LogP contribution in [0, 0.1) is 11.8 Å². The molecule has 5 nitrogen and oxygen atoms in total. The van der Waals surface area contributed by atoms with E-state index in [0.717, 1.165) is 12.5 Å². The fourth-order valence-electron chi connectivity index (χ4n) is 2.57. The zero-order valence-corrected chi connectivity index (χ0v) is 12.3. The highest BCUT2D eigenvalue weighted by Crippen LogP contribution is 2.29. The maximum atomic E-state index is 5.19. The predicted octanol–water partition coefficient (Wildman–Crippen LogP) is 2.22. The van der Waals surface area contributed by atoms with Gasteiger partial charge < -0.3 is 14.7 Å². The Balaban J connectivity index is 1.82. The smallest absolute Gasteiger partial charge is 0.265 e. The Bertz CT molecular complexity index is 438. The van der Waals surface area contributed by atoms with Crippen molar-refractivity contribution in [3.05, 3.63) is 17.5 Å². The Labute approximate surface area is 115 Å². The van der Waals surface area contributed by atoms with Crippen LogP contribution in [0.2, 0.25) is 0 Å². The van der Waals surface area contributed by atoms with Crippen molar-refractivity contribution in [1.29, 1.82) is 0 Å². The van der Waals surface area contributed by atoms with Crippen molar-refractivity contribution >= 4 is 5.95 Å². The molecule has 19 heavy (non-hydrogen) atoms. The molecule has 1 heterocycles. The van der Waals surface area contributed by atoms with Crippen LogP contribution in [0.15, 0.2) is 16.2 Å². The number of nitrogens with one attached hydrogen (secondary N) is 1. The molecule has 0 aliphatic heterocycles. The summed E-state index contributed by atoms with van der Waals surface area (Å²) in [5.74, 6) is 2.65. The number of aromatic nitrogens is 2. The molecule has 0 aromatic carbocycles. The maximum absolute atomic E-state index is 5.19. The molecule has 2 unspecified atom stereocenters. The molecule has 2 rings (SSSR count). The molecule has 1 aliphatic rings. The largest absolute Gasteiger partial charge is 0.344 e. The van der Waals surface area contributed by atoms with E-state index in [1.54, 1.807) is 0 Å². The SMILES string of the molecule is CC1=CCCC(C)C1CNCc1nc(N(C)C)no1. The van der Waals surface area contributed by atoms with Crippen molar-refractivity contribution < 1.29 is 4.52 Å². The summed E-state index contributed by atoms with van der Waals surface area (Å²) in [5.41, 5.74) is 1.51. The first-order valence-electron chi connectivity index (χ1n) is 6.95. The molecule has 0 saturated carbocycles. The van der Waals surface area contributed by atoms with Gasteiger partial charge in [0, 0.05) is 20.6 Å². The van der Waals surface area contributed by atoms with Gasteiger partial charge in [-0.3, -0.25) is 0 Å². The van der Waals surface area contributed by atoms with Crippen LogP contribution in [0.25, 0.3) is 0 Å². The quantitative estimate of drug-likeness (QED) is 0.826. The Hall–Kier alpha value is -1.36. The number of anilines is 1. The third kappa shape index (κ3) is 3.56. The van der Waals surface area contributed by atoms with Crippen molar-refractivity contribution in [2.24, 2.45) is 11.8 Å². The van der Waals surface area contributed by atoms with E-state index in [2.05, 4.69) is 35.4 Å². The minimum Gasteiger partial charge on any atom is -0.344 e. The molecule has 0 fully saturated rings. The monoisotopic (exact) mass is 264 g/mol. The van der Waals surface area contributed by atoms with Gasteiger partial charge in [0.25, 0.3) is 5.95 Å². The van der Waals surface area contributed by atoms with Gasteiger partial charge in [-0.15, -0.1) is 0 Å². The molecule has 106 valence electrons. The van der Waals surface area contributed by atoms with Gasteiger partial charge in [-0.1, -0.05) is 18.6 Å². The van der Waals surface area contributed by atoms with Gasteiger partial charge in [0.05, 0.1) is 6.54 Å². The van der Waals surface area contributed by atoms with Crippen LogP contribution in [0.5, 0.6) is 0 Å². The average Bonchev–Trinajstić information content (AvgIpc) is 2.82. The fraction of sp³-hybridized carbons (Fsp3) is 0.714. The second kappa shape index (κ2) is 6.19. The highest BCUT2D eigenvalue weighted by atomic mass is 16.5. The molecular formula is C14H24N4O. The Morgan fingerprint density at radius 1 is 1.47 bits per heavy atom. The topological polar surface area (TPSA) is 54.2 Å². The average molecular weight is 264 g/mol. The number of nitrogens with zero attached hydrogens (tertiary/aromatic N) is 3. The first-order valence-corrected chi connectivity index (χ1v) is 6.95. The van der Waals surface area contributed by atoms with Crippen molar-refractivity contribution in [1.82, 2.24) is 15.5 Å². The highest BCUT2D eigenvalue weighted by molar-refractivity contribution is 5.23. The van der Waals surface area contributed by atoms with Crippen LogP contribution in [0.4, 0.5) is 5.95 Å². The third-order valence-corrected chi connectivity index (χ3v) is 3.86. The van der Waals surface area contributed by atoms with Gasteiger partial charge >= 0.3 is 0 Å². The first kappa shape index (κ1) is 14.1. The molecule has 0 bridgehead atoms. The summed E-state index contributed by atoms with van der Waals surface area (Å²) in [6, 6.07) is 0. The van der Waals surface area contributed by atoms with E-state index < -0.39 is 0 Å². The summed E-state index contributed by atoms with van der Waals surface area (Å²) in [5, 5.41) is 7.33. The minimum absolute atomic E-state index is 0.624. The predicted molar refractivity (Wildman–Crippen MR) is 76.0 cm³/mol. The highest BCUT2D eigenvalue weighted by Gasteiger charge is 2.21. The Morgan fingerprint density at radius 2 is 2.26 bits per heavy atom. The second-order valence-electron chi connectivity index (χ2n) is 5.62. The van der Waals surface area contributed by atoms with E-state index in [-0.39, 0.29) is 0 Å². The molecule has 0 amide bonds. The lowest BCUT2D eigenvalue weighted by Gasteiger charge is -2.28. The number of hydrogen-bond donors (Lipinski definition) is 1. The maximum Gasteiger partial charge on any atom is 0.265 e. The van der Waals surface area contributed by atoms with Crippen molar-refractivity contribution in [3.63, 3.8) is 0 Å². The van der Waals surface area contributed by atoms with Crippen LogP contribution < -0.4 is 10.2 Å². The van der Waals surface area contributed by atoms with E-state index in [4.69, 9.17) is 4.52 Å². The Morgan fingerprint density at radius 3 is 2.89 bits per heavy atom. The number of hydrogen-bond acceptors (Lipinski definition) is 5. The summed E-state index contributed by atoms with van der Waals surface area (Å²) in [7, 11) is 3.81. The molecule has 0 radical (unpaired) electrons. The van der Waals surface area contributed by atoms with Crippen molar-refractivity contribution in [2.75, 3.05) is 25.5 Å². The van der Waals surface area contributed by atoms with E-state index in [0.29, 0.717) is 24.3 Å². The zero-order chi connectivity index (χ0) is 13.8. The first-order chi connectivity index (χ1) is 9.08. The Kier molecular flexibility index (Phi) is 4.58. The molecule has 0 spiro atoms. The molecule has 1 aromatic rings. The lowest BCUT2D eigenvalue weighted by atomic mass is 9.80. The van der Waals surface area contributed by atoms with Crippen LogP contribution in [-0.4, -0.2) is 30.8 Å². The normalized spacial score (nSPS) is 23.3. The summed E-state index contributed by atoms with van der Waals surface area (Å²) in [6.07, 6.45) is 4.87. The molecule has 0 saturated heterocycles. The third-order valence-electron chi connectivity index (χ3n) is 3.86. The second-order valence-corrected chi connectivity index (χ2v) is 5.62. The number of allylic oxidation sites excluding steroid dienone is 1. The number of rotatable bonds is 5. The van der Waals surface area contributed by atoms with Crippen LogP contribution >= 0.6 is 0 Å². The molecule has 5 heteroatoms. The van der Waals surface area contributed by atoms with Gasteiger partial charge in [0.15, 0.2) is 0 Å². The lowest BCUT2D eigenvalue weighted by molar-refractivity contribution is 0.329. The van der Waals surface area contributed by atoms with Gasteiger partial charge in [-0.05, 0) is 36.8 Å². The van der Waals surface area contributed by atoms with E-state index in [9.17, 15) is 0 Å². The summed E-state index contributed by atoms with van der Waals surface area (Å²) in [4.78, 5) is 6.14. The molecule has 1 N–H and O–H groups in total. The zero-order valence-electron chi connectivity index (χ0n) is 12.3. The standard InChI is InChI=1S/C14H24N4O/c1-10-6-5-7-11(2)12(10)8-15-9-13-16-14(17-19-13)18(3)4/h6,11-12,15H,5,7-9H2,1-4H3. The van der Waals surface area contributed by atoms with Gasteiger partial charge in [-0.25, -0.2) is 0 Å². The minimum atomic E-state index is 0.624. The molecule has 2 atom stereocenters. The lowest BCUT2D eigenvalue weighted by Crippen LogP contribution is -2.29.